The van der Waals surface area contributed by atoms with Gasteiger partial charge in [0, 0.05) is 0 Å². The Morgan fingerprint density at radius 2 is 1.69 bits per heavy atom. The summed E-state index contributed by atoms with van der Waals surface area (Å²) in [5.74, 6) is 8.12. The van der Waals surface area contributed by atoms with Crippen molar-refractivity contribution in [2.24, 2.45) is 75.4 Å². The third kappa shape index (κ3) is 0.909. The van der Waals surface area contributed by atoms with Crippen LogP contribution in [0.3, 0.4) is 0 Å². The molecule has 138 valence electrons. The Balaban J connectivity index is 1.52. The minimum Gasteiger partial charge on any atom is -0.469 e. The van der Waals surface area contributed by atoms with Gasteiger partial charge < -0.3 is 4.74 Å². The van der Waals surface area contributed by atoms with E-state index in [4.69, 9.17) is 4.74 Å². The van der Waals surface area contributed by atoms with Crippen LogP contribution in [0.1, 0.15) is 46.5 Å². The molecule has 8 aliphatic carbocycles. The number of hydrogen-bond acceptors (Lipinski definition) is 2. The first-order chi connectivity index (χ1) is 12.4. The van der Waals surface area contributed by atoms with Crippen LogP contribution in [0, 0.1) is 75.4 Å². The average molecular weight is 351 g/mol. The van der Waals surface area contributed by atoms with E-state index in [2.05, 4.69) is 20.8 Å². The number of carbonyl (C=O) groups is 1. The summed E-state index contributed by atoms with van der Waals surface area (Å²) < 4.78 is 5.54. The zero-order valence-electron chi connectivity index (χ0n) is 16.4. The highest BCUT2D eigenvalue weighted by molar-refractivity contribution is 5.79. The monoisotopic (exact) mass is 350 g/mol. The van der Waals surface area contributed by atoms with Crippen LogP contribution in [0.2, 0.25) is 0 Å². The van der Waals surface area contributed by atoms with Crippen molar-refractivity contribution in [1.82, 2.24) is 0 Å². The Labute approximate surface area is 156 Å². The maximum Gasteiger partial charge on any atom is 0.312 e. The third-order valence-electron chi connectivity index (χ3n) is 12.4. The molecule has 8 aliphatic rings. The normalized spacial score (nSPS) is 71.7. The molecule has 0 amide bonds. The van der Waals surface area contributed by atoms with Crippen LogP contribution >= 0.6 is 0 Å². The summed E-state index contributed by atoms with van der Waals surface area (Å²) in [6, 6.07) is 0. The molecule has 0 aromatic carbocycles. The van der Waals surface area contributed by atoms with E-state index in [9.17, 15) is 4.79 Å². The number of carbonyl (C=O) groups excluding carboxylic acids is 1. The van der Waals surface area contributed by atoms with Gasteiger partial charge >= 0.3 is 5.97 Å². The van der Waals surface area contributed by atoms with Gasteiger partial charge in [-0.05, 0) is 103 Å². The molecule has 0 aromatic heterocycles. The molecule has 7 fully saturated rings. The molecule has 0 radical (unpaired) electrons. The molecule has 0 spiro atoms. The first kappa shape index (κ1) is 14.2. The summed E-state index contributed by atoms with van der Waals surface area (Å²) in [5.41, 5.74) is 4.71. The van der Waals surface area contributed by atoms with Gasteiger partial charge in [0.15, 0.2) is 0 Å². The van der Waals surface area contributed by atoms with Crippen LogP contribution in [0.5, 0.6) is 0 Å². The van der Waals surface area contributed by atoms with Crippen LogP contribution in [-0.2, 0) is 9.53 Å². The minimum atomic E-state index is -0.198. The number of fused-ring (bicyclic) bond motifs is 3. The lowest BCUT2D eigenvalue weighted by Crippen LogP contribution is -2.44. The Morgan fingerprint density at radius 1 is 0.962 bits per heavy atom. The lowest BCUT2D eigenvalue weighted by atomic mass is 9.63. The van der Waals surface area contributed by atoms with Crippen LogP contribution in [0.25, 0.3) is 0 Å². The van der Waals surface area contributed by atoms with E-state index >= 15 is 0 Å². The molecule has 26 heavy (non-hydrogen) atoms. The molecule has 0 unspecified atom stereocenters. The SMILES string of the molecule is COC(=O)[C@]1(C)[C@@H]2[C@@H]3CCC4=C5[C@]6(C)[C@H]([C@@H]43)[C@@H]2[C@H]2[C@H]1[C@H]1CC[C@]5(C)[C@@H]1[C@@H]26. The molecule has 0 heterocycles. The topological polar surface area (TPSA) is 26.3 Å². The molecule has 2 heteroatoms. The first-order valence-corrected chi connectivity index (χ1v) is 11.2. The lowest BCUT2D eigenvalue weighted by molar-refractivity contribution is -0.160. The van der Waals surface area contributed by atoms with Gasteiger partial charge in [0.1, 0.15) is 0 Å². The molecule has 0 saturated heterocycles. The van der Waals surface area contributed by atoms with E-state index in [1.165, 1.54) is 25.7 Å². The molecule has 0 N–H and O–H groups in total. The summed E-state index contributed by atoms with van der Waals surface area (Å²) >= 11 is 0. The molecule has 0 bridgehead atoms. The molecular weight excluding hydrogens is 320 g/mol. The van der Waals surface area contributed by atoms with Crippen LogP contribution in [-0.4, -0.2) is 13.1 Å². The summed E-state index contributed by atoms with van der Waals surface area (Å²) in [4.78, 5) is 13.3. The quantitative estimate of drug-likeness (QED) is 0.520. The van der Waals surface area contributed by atoms with Gasteiger partial charge in [0.25, 0.3) is 0 Å². The molecule has 0 aliphatic heterocycles. The van der Waals surface area contributed by atoms with E-state index < -0.39 is 0 Å². The molecular formula is C24H30O2. The van der Waals surface area contributed by atoms with Gasteiger partial charge in [0.05, 0.1) is 12.5 Å². The number of esters is 1. The third-order valence-corrected chi connectivity index (χ3v) is 12.4. The van der Waals surface area contributed by atoms with Crippen molar-refractivity contribution in [1.29, 1.82) is 0 Å². The van der Waals surface area contributed by atoms with Gasteiger partial charge in [-0.1, -0.05) is 25.0 Å². The Hall–Kier alpha value is -0.790. The summed E-state index contributed by atoms with van der Waals surface area (Å²) in [5, 5.41) is 0. The van der Waals surface area contributed by atoms with Crippen molar-refractivity contribution >= 4 is 5.97 Å². The molecule has 7 saturated carbocycles. The van der Waals surface area contributed by atoms with Crippen LogP contribution < -0.4 is 0 Å². The number of methoxy groups -OCH3 is 1. The minimum absolute atomic E-state index is 0.148. The smallest absolute Gasteiger partial charge is 0.312 e. The summed E-state index contributed by atoms with van der Waals surface area (Å²) in [6.07, 6.45) is 5.48. The van der Waals surface area contributed by atoms with Crippen molar-refractivity contribution in [3.8, 4) is 0 Å². The number of allylic oxidation sites excluding steroid dienone is 2. The van der Waals surface area contributed by atoms with Crippen molar-refractivity contribution in [3.63, 3.8) is 0 Å². The predicted octanol–water partition coefficient (Wildman–Crippen LogP) is 4.31. The zero-order chi connectivity index (χ0) is 17.5. The highest BCUT2D eigenvalue weighted by Crippen LogP contribution is 2.94. The fraction of sp³-hybridized carbons (Fsp3) is 0.875. The van der Waals surface area contributed by atoms with Crippen LogP contribution in [0.15, 0.2) is 11.1 Å². The van der Waals surface area contributed by atoms with Crippen molar-refractivity contribution in [2.75, 3.05) is 7.11 Å². The van der Waals surface area contributed by atoms with Gasteiger partial charge in [-0.2, -0.15) is 0 Å². The fourth-order valence-corrected chi connectivity index (χ4v) is 13.0. The molecule has 0 aromatic rings. The summed E-state index contributed by atoms with van der Waals surface area (Å²) in [6.45, 7) is 7.73. The molecule has 13 atom stereocenters. The van der Waals surface area contributed by atoms with Gasteiger partial charge in [-0.15, -0.1) is 0 Å². The van der Waals surface area contributed by atoms with Crippen molar-refractivity contribution < 1.29 is 9.53 Å². The zero-order valence-corrected chi connectivity index (χ0v) is 16.4. The highest BCUT2D eigenvalue weighted by atomic mass is 16.5. The van der Waals surface area contributed by atoms with Gasteiger partial charge in [0.2, 0.25) is 0 Å². The van der Waals surface area contributed by atoms with E-state index in [-0.39, 0.29) is 11.4 Å². The fourth-order valence-electron chi connectivity index (χ4n) is 13.0. The van der Waals surface area contributed by atoms with Crippen molar-refractivity contribution in [2.45, 2.75) is 46.5 Å². The van der Waals surface area contributed by atoms with E-state index in [1.54, 1.807) is 7.11 Å². The maximum atomic E-state index is 13.3. The second kappa shape index (κ2) is 3.48. The maximum absolute atomic E-state index is 13.3. The Morgan fingerprint density at radius 3 is 2.46 bits per heavy atom. The van der Waals surface area contributed by atoms with Crippen molar-refractivity contribution in [3.05, 3.63) is 11.1 Å². The number of ether oxygens (including phenoxy) is 1. The first-order valence-electron chi connectivity index (χ1n) is 11.2. The molecule has 2 nitrogen and oxygen atoms in total. The van der Waals surface area contributed by atoms with E-state index in [0.29, 0.717) is 22.7 Å². The predicted molar refractivity (Wildman–Crippen MR) is 96.7 cm³/mol. The van der Waals surface area contributed by atoms with Gasteiger partial charge in [-0.25, -0.2) is 0 Å². The Kier molecular flexibility index (Phi) is 1.91. The van der Waals surface area contributed by atoms with E-state index in [0.717, 1.165) is 47.3 Å². The lowest BCUT2D eigenvalue weighted by Gasteiger charge is -2.40. The Bertz CT molecular complexity index is 856. The van der Waals surface area contributed by atoms with Crippen LogP contribution in [0.4, 0.5) is 0 Å². The largest absolute Gasteiger partial charge is 0.469 e. The summed E-state index contributed by atoms with van der Waals surface area (Å²) in [7, 11) is 1.65. The van der Waals surface area contributed by atoms with Gasteiger partial charge in [-0.3, -0.25) is 4.79 Å². The number of hydrogen-bond donors (Lipinski definition) is 0. The second-order valence-corrected chi connectivity index (χ2v) is 12.1. The number of rotatable bonds is 1. The molecule has 8 rings (SSSR count). The standard InChI is InChI=1S/C24H30O2/c1-22-8-7-11-16-14-13-15(24(16,3)21(25)26-4)9-5-6-10-12(9)18(13)23(2,20(10)22)19(14)17(11)22/h9,11-19H,5-8H2,1-4H3/t9-,11-,12-,13-,14+,15-,16-,17+,18-,19-,22-,23-,24-/m1/s1. The average Bonchev–Trinajstić information content (AvgIpc) is 3.36. The van der Waals surface area contributed by atoms with E-state index in [1.807, 2.05) is 11.1 Å². The highest BCUT2D eigenvalue weighted by Gasteiger charge is 2.90. The second-order valence-electron chi connectivity index (χ2n) is 12.1.